The maximum Gasteiger partial charge on any atom is 0.303 e. The minimum Gasteiger partial charge on any atom is -0.508 e. The molecule has 1 aliphatic rings. The zero-order valence-electron chi connectivity index (χ0n) is 33.4. The molecule has 0 saturated carbocycles. The van der Waals surface area contributed by atoms with Crippen molar-refractivity contribution in [3.8, 4) is 23.0 Å². The van der Waals surface area contributed by atoms with Gasteiger partial charge in [0.15, 0.2) is 6.29 Å². The zero-order chi connectivity index (χ0) is 40.7. The van der Waals surface area contributed by atoms with Gasteiger partial charge in [0.1, 0.15) is 47.4 Å². The number of phenolic OH excluding ortho intramolecular Hbond substituents is 4. The number of benzene rings is 2. The van der Waals surface area contributed by atoms with Crippen LogP contribution < -0.4 is 0 Å². The molecule has 0 radical (unpaired) electrons. The molecule has 0 aromatic heterocycles. The number of halogens is 1. The Morgan fingerprint density at radius 2 is 1.22 bits per heavy atom. The van der Waals surface area contributed by atoms with Crippen LogP contribution in [-0.4, -0.2) is 78.3 Å². The third-order valence-electron chi connectivity index (χ3n) is 10.9. The van der Waals surface area contributed by atoms with Crippen LogP contribution in [0.2, 0.25) is 0 Å². The van der Waals surface area contributed by atoms with E-state index in [1.807, 2.05) is 13.8 Å². The molecule has 3 rings (SSSR count). The van der Waals surface area contributed by atoms with E-state index >= 15 is 0 Å². The lowest BCUT2D eigenvalue weighted by Crippen LogP contribution is -2.54. The second-order valence-corrected chi connectivity index (χ2v) is 16.3. The zero-order valence-corrected chi connectivity index (χ0v) is 34.2. The molecular formula is C43H67ClO11. The summed E-state index contributed by atoms with van der Waals surface area (Å²) in [6.45, 7) is 9.32. The largest absolute Gasteiger partial charge is 0.508 e. The first-order valence-corrected chi connectivity index (χ1v) is 20.8. The average Bonchev–Trinajstić information content (AvgIpc) is 3.12. The van der Waals surface area contributed by atoms with Gasteiger partial charge in [-0.05, 0) is 86.1 Å². The molecule has 2 aromatic rings. The normalized spacial score (nSPS) is 22.1. The summed E-state index contributed by atoms with van der Waals surface area (Å²) < 4.78 is 17.5. The maximum atomic E-state index is 12.0. The molecule has 0 aliphatic carbocycles. The van der Waals surface area contributed by atoms with Crippen molar-refractivity contribution in [2.75, 3.05) is 6.61 Å². The van der Waals surface area contributed by atoms with Crippen LogP contribution >= 0.6 is 11.6 Å². The van der Waals surface area contributed by atoms with E-state index in [0.717, 1.165) is 77.0 Å². The monoisotopic (exact) mass is 794 g/mol. The lowest BCUT2D eigenvalue weighted by atomic mass is 9.84. The van der Waals surface area contributed by atoms with Crippen LogP contribution in [0.25, 0.3) is 0 Å². The summed E-state index contributed by atoms with van der Waals surface area (Å²) >= 11 is 6.53. The van der Waals surface area contributed by atoms with Crippen molar-refractivity contribution < 1.29 is 54.8 Å². The van der Waals surface area contributed by atoms with E-state index in [2.05, 4.69) is 13.8 Å². The third-order valence-corrected chi connectivity index (χ3v) is 11.3. The number of esters is 1. The highest BCUT2D eigenvalue weighted by molar-refractivity contribution is 6.20. The van der Waals surface area contributed by atoms with Crippen molar-refractivity contribution in [1.82, 2.24) is 0 Å². The van der Waals surface area contributed by atoms with Crippen LogP contribution in [0.15, 0.2) is 30.3 Å². The molecule has 10 atom stereocenters. The number of hydrogen-bond donors (Lipinski definition) is 7. The number of aliphatic hydroxyl groups excluding tert-OH is 3. The predicted molar refractivity (Wildman–Crippen MR) is 212 cm³/mol. The van der Waals surface area contributed by atoms with Crippen molar-refractivity contribution in [3.05, 3.63) is 47.0 Å². The molecule has 0 spiro atoms. The Kier molecular flexibility index (Phi) is 19.8. The van der Waals surface area contributed by atoms with E-state index < -0.39 is 42.8 Å². The summed E-state index contributed by atoms with van der Waals surface area (Å²) in [5, 5.41) is 74.4. The van der Waals surface area contributed by atoms with Gasteiger partial charge in [0, 0.05) is 29.5 Å². The molecule has 0 bridgehead atoms. The smallest absolute Gasteiger partial charge is 0.303 e. The fourth-order valence-corrected chi connectivity index (χ4v) is 8.04. The number of aliphatic hydroxyl groups is 3. The van der Waals surface area contributed by atoms with E-state index in [4.69, 9.17) is 25.8 Å². The van der Waals surface area contributed by atoms with Crippen LogP contribution in [-0.2, 0) is 19.0 Å². The molecule has 1 fully saturated rings. The van der Waals surface area contributed by atoms with Gasteiger partial charge < -0.3 is 50.0 Å². The molecule has 312 valence electrons. The number of hydrogen-bond acceptors (Lipinski definition) is 11. The molecule has 1 aliphatic heterocycles. The quantitative estimate of drug-likeness (QED) is 0.0306. The van der Waals surface area contributed by atoms with E-state index in [0.29, 0.717) is 29.5 Å². The third kappa shape index (κ3) is 14.6. The predicted octanol–water partition coefficient (Wildman–Crippen LogP) is 8.77. The second-order valence-electron chi connectivity index (χ2n) is 15.7. The van der Waals surface area contributed by atoms with Crippen LogP contribution in [0.4, 0.5) is 0 Å². The van der Waals surface area contributed by atoms with Crippen molar-refractivity contribution in [3.63, 3.8) is 0 Å². The van der Waals surface area contributed by atoms with E-state index in [1.165, 1.54) is 25.1 Å². The summed E-state index contributed by atoms with van der Waals surface area (Å²) in [5.74, 6) is -1.18. The Morgan fingerprint density at radius 3 is 1.80 bits per heavy atom. The number of ether oxygens (including phenoxy) is 3. The Bertz CT molecular complexity index is 1400. The van der Waals surface area contributed by atoms with Gasteiger partial charge in [0.05, 0.1) is 12.7 Å². The highest BCUT2D eigenvalue weighted by atomic mass is 35.5. The molecular weight excluding hydrogens is 728 g/mol. The second kappa shape index (κ2) is 23.4. The van der Waals surface area contributed by atoms with Gasteiger partial charge in [-0.25, -0.2) is 0 Å². The van der Waals surface area contributed by atoms with E-state index in [-0.39, 0.29) is 52.7 Å². The molecule has 10 unspecified atom stereocenters. The van der Waals surface area contributed by atoms with Gasteiger partial charge in [-0.3, -0.25) is 4.79 Å². The highest BCUT2D eigenvalue weighted by Crippen LogP contribution is 2.44. The Morgan fingerprint density at radius 1 is 0.727 bits per heavy atom. The first-order valence-electron chi connectivity index (χ1n) is 20.4. The average molecular weight is 795 g/mol. The van der Waals surface area contributed by atoms with Gasteiger partial charge in [0.2, 0.25) is 0 Å². The summed E-state index contributed by atoms with van der Waals surface area (Å²) in [7, 11) is 0. The van der Waals surface area contributed by atoms with E-state index in [1.54, 1.807) is 12.1 Å². The number of carbonyl (C=O) groups is 1. The lowest BCUT2D eigenvalue weighted by Gasteiger charge is -2.38. The number of alkyl halides is 1. The topological polar surface area (TPSA) is 186 Å². The van der Waals surface area contributed by atoms with Crippen molar-refractivity contribution in [2.45, 2.75) is 173 Å². The molecule has 0 amide bonds. The van der Waals surface area contributed by atoms with Gasteiger partial charge in [-0.15, -0.1) is 11.6 Å². The highest BCUT2D eigenvalue weighted by Gasteiger charge is 2.40. The first-order chi connectivity index (χ1) is 26.2. The minimum absolute atomic E-state index is 0.0506. The van der Waals surface area contributed by atoms with E-state index in [9.17, 15) is 40.5 Å². The number of unbranched alkanes of at least 4 members (excludes halogenated alkanes) is 4. The summed E-state index contributed by atoms with van der Waals surface area (Å²) in [5.41, 5.74) is 1.49. The molecule has 12 heteroatoms. The summed E-state index contributed by atoms with van der Waals surface area (Å²) in [6, 6.07) is 7.43. The Balaban J connectivity index is 1.78. The first kappa shape index (κ1) is 46.6. The molecule has 11 nitrogen and oxygen atoms in total. The van der Waals surface area contributed by atoms with Gasteiger partial charge in [-0.2, -0.15) is 0 Å². The number of phenols is 4. The Labute approximate surface area is 332 Å². The SMILES string of the molecule is CCCCC(Cl)CCCCC(C)C(OC1OCC(O)C(O)C1O)c1cc(O)c(C(CCCC)CCCCC(C)C(OC(C)=O)c2cc(O)cc(O)c2)c(O)c1. The molecule has 1 saturated heterocycles. The van der Waals surface area contributed by atoms with Crippen LogP contribution in [0.1, 0.15) is 159 Å². The van der Waals surface area contributed by atoms with Crippen molar-refractivity contribution in [2.24, 2.45) is 11.8 Å². The molecule has 7 N–H and O–H groups in total. The molecule has 1 heterocycles. The summed E-state index contributed by atoms with van der Waals surface area (Å²) in [6.07, 6.45) is 5.35. The minimum atomic E-state index is -1.49. The molecule has 55 heavy (non-hydrogen) atoms. The lowest BCUT2D eigenvalue weighted by molar-refractivity contribution is -0.288. The van der Waals surface area contributed by atoms with Crippen molar-refractivity contribution >= 4 is 17.6 Å². The van der Waals surface area contributed by atoms with Gasteiger partial charge in [-0.1, -0.05) is 79.1 Å². The number of aromatic hydroxyl groups is 4. The van der Waals surface area contributed by atoms with Gasteiger partial charge >= 0.3 is 5.97 Å². The number of carbonyl (C=O) groups excluding carboxylic acids is 1. The van der Waals surface area contributed by atoms with Crippen LogP contribution in [0, 0.1) is 11.8 Å². The van der Waals surface area contributed by atoms with Gasteiger partial charge in [0.25, 0.3) is 0 Å². The molecule has 2 aromatic carbocycles. The maximum absolute atomic E-state index is 12.0. The standard InChI is InChI=1S/C43H67ClO11/c1-6-8-16-29(17-12-10-14-26(3)41(54-28(5)45)30-20-33(46)24-34(47)21-30)38-35(48)22-31(23-36(38)49)42(55-43-40(52)39(51)37(50)25-53-43)27(4)15-11-13-19-32(44)18-9-7-2/h20-24,26-27,29,32,37,39-43,46-52H,6-19,25H2,1-5H3. The number of rotatable bonds is 24. The summed E-state index contributed by atoms with van der Waals surface area (Å²) in [4.78, 5) is 12.0. The van der Waals surface area contributed by atoms with Crippen molar-refractivity contribution in [1.29, 1.82) is 0 Å². The van der Waals surface area contributed by atoms with Crippen LogP contribution in [0.3, 0.4) is 0 Å². The fraction of sp³-hybridized carbons (Fsp3) is 0.698. The van der Waals surface area contributed by atoms with Crippen LogP contribution in [0.5, 0.6) is 23.0 Å². The fourth-order valence-electron chi connectivity index (χ4n) is 7.73. The Hall–Kier alpha value is -2.80.